The van der Waals surface area contributed by atoms with E-state index in [1.165, 1.54) is 0 Å². The Morgan fingerprint density at radius 1 is 0.818 bits per heavy atom. The van der Waals surface area contributed by atoms with Crippen molar-refractivity contribution < 1.29 is 4.12 Å². The minimum Gasteiger partial charge on any atom is -0.433 e. The fraction of sp³-hybridized carbons (Fsp3) is 1.00. The van der Waals surface area contributed by atoms with Gasteiger partial charge in [-0.15, -0.1) is 0 Å². The van der Waals surface area contributed by atoms with Crippen molar-refractivity contribution in [1.29, 1.82) is 0 Å². The Morgan fingerprint density at radius 2 is 1.09 bits per heavy atom. The summed E-state index contributed by atoms with van der Waals surface area (Å²) in [5, 5.41) is 0. The summed E-state index contributed by atoms with van der Waals surface area (Å²) in [4.78, 5) is 6.49. The Morgan fingerprint density at radius 3 is 1.27 bits per heavy atom. The van der Waals surface area contributed by atoms with Crippen LogP contribution in [0.3, 0.4) is 0 Å². The van der Waals surface area contributed by atoms with Crippen LogP contribution in [0.5, 0.6) is 0 Å². The van der Waals surface area contributed by atoms with Gasteiger partial charge in [0.1, 0.15) is 0 Å². The zero-order chi connectivity index (χ0) is 9.12. The number of rotatable bonds is 4. The van der Waals surface area contributed by atoms with Crippen molar-refractivity contribution in [3.63, 3.8) is 0 Å². The molecule has 0 saturated carbocycles. The Labute approximate surface area is 71.9 Å². The first-order valence-electron chi connectivity index (χ1n) is 3.91. The molecule has 0 aromatic carbocycles. The van der Waals surface area contributed by atoms with Gasteiger partial charge in [-0.3, -0.25) is 0 Å². The molecule has 0 spiro atoms. The van der Waals surface area contributed by atoms with Crippen LogP contribution in [-0.2, 0) is 4.12 Å². The van der Waals surface area contributed by atoms with Crippen molar-refractivity contribution in [3.8, 4) is 0 Å². The summed E-state index contributed by atoms with van der Waals surface area (Å²) >= 11 is 0. The predicted molar refractivity (Wildman–Crippen MR) is 54.2 cm³/mol. The average molecular weight is 192 g/mol. The van der Waals surface area contributed by atoms with Gasteiger partial charge in [-0.1, -0.05) is 0 Å². The van der Waals surface area contributed by atoms with Crippen LogP contribution in [0.4, 0.5) is 0 Å². The van der Waals surface area contributed by atoms with Crippen LogP contribution in [-0.4, -0.2) is 31.1 Å². The number of nitrogens with one attached hydrogen (secondary N) is 2. The third-order valence-electron chi connectivity index (χ3n) is 1.71. The largest absolute Gasteiger partial charge is 0.433 e. The van der Waals surface area contributed by atoms with Gasteiger partial charge in [0.05, 0.1) is 0 Å². The fourth-order valence-corrected chi connectivity index (χ4v) is 6.66. The maximum absolute atomic E-state index is 5.98. The van der Waals surface area contributed by atoms with Gasteiger partial charge in [0.15, 0.2) is 0 Å². The molecule has 0 amide bonds. The van der Waals surface area contributed by atoms with Gasteiger partial charge in [0.25, 0.3) is 17.0 Å². The Hall–Kier alpha value is 0.314. The normalized spacial score (nSPS) is 13.6. The third kappa shape index (κ3) is 4.70. The molecule has 0 radical (unpaired) electrons. The second kappa shape index (κ2) is 3.82. The van der Waals surface area contributed by atoms with Gasteiger partial charge < -0.3 is 14.1 Å². The van der Waals surface area contributed by atoms with E-state index in [9.17, 15) is 0 Å². The highest BCUT2D eigenvalue weighted by molar-refractivity contribution is 6.82. The van der Waals surface area contributed by atoms with Gasteiger partial charge in [0, 0.05) is 0 Å². The lowest BCUT2D eigenvalue weighted by molar-refractivity contribution is 0.515. The van der Waals surface area contributed by atoms with Crippen molar-refractivity contribution in [3.05, 3.63) is 0 Å². The topological polar surface area (TPSA) is 33.3 Å². The van der Waals surface area contributed by atoms with E-state index in [-0.39, 0.29) is 0 Å². The lowest BCUT2D eigenvalue weighted by atomic mass is 11.6. The molecule has 0 bridgehead atoms. The molecule has 0 saturated heterocycles. The highest BCUT2D eigenvalue weighted by Gasteiger charge is 2.30. The Balaban J connectivity index is 4.02. The van der Waals surface area contributed by atoms with Gasteiger partial charge in [0.2, 0.25) is 0 Å². The summed E-state index contributed by atoms with van der Waals surface area (Å²) < 4.78 is 5.98. The molecule has 0 atom stereocenters. The van der Waals surface area contributed by atoms with Gasteiger partial charge in [-0.25, -0.2) is 0 Å². The zero-order valence-electron chi connectivity index (χ0n) is 8.41. The van der Waals surface area contributed by atoms with Crippen LogP contribution in [0.1, 0.15) is 0 Å². The zero-order valence-corrected chi connectivity index (χ0v) is 10.4. The van der Waals surface area contributed by atoms with E-state index in [1.54, 1.807) is 0 Å². The summed E-state index contributed by atoms with van der Waals surface area (Å²) in [6, 6.07) is 0. The molecule has 0 unspecified atom stereocenters. The van der Waals surface area contributed by atoms with Crippen LogP contribution >= 0.6 is 0 Å². The van der Waals surface area contributed by atoms with E-state index in [2.05, 4.69) is 36.2 Å². The van der Waals surface area contributed by atoms with Crippen molar-refractivity contribution >= 4 is 17.0 Å². The van der Waals surface area contributed by atoms with Crippen molar-refractivity contribution in [2.45, 2.75) is 26.2 Å². The molecule has 0 fully saturated rings. The smallest absolute Gasteiger partial charge is 0.252 e. The van der Waals surface area contributed by atoms with Crippen molar-refractivity contribution in [2.75, 3.05) is 14.1 Å². The van der Waals surface area contributed by atoms with Gasteiger partial charge in [-0.05, 0) is 40.3 Å². The Kier molecular flexibility index (Phi) is 3.92. The van der Waals surface area contributed by atoms with Gasteiger partial charge in [-0.2, -0.15) is 0 Å². The van der Waals surface area contributed by atoms with Gasteiger partial charge >= 0.3 is 0 Å². The Bertz CT molecular complexity index is 114. The maximum Gasteiger partial charge on any atom is 0.252 e. The lowest BCUT2D eigenvalue weighted by Gasteiger charge is -2.32. The highest BCUT2D eigenvalue weighted by atomic mass is 28.4. The van der Waals surface area contributed by atoms with E-state index >= 15 is 0 Å². The molecule has 3 nitrogen and oxygen atoms in total. The van der Waals surface area contributed by atoms with Crippen LogP contribution in [0, 0.1) is 0 Å². The molecule has 0 aromatic heterocycles. The minimum atomic E-state index is -1.58. The molecule has 5 heteroatoms. The third-order valence-corrected chi connectivity index (χ3v) is 8.21. The van der Waals surface area contributed by atoms with E-state index in [0.29, 0.717) is 0 Å². The summed E-state index contributed by atoms with van der Waals surface area (Å²) in [6.45, 7) is 8.66. The van der Waals surface area contributed by atoms with E-state index in [0.717, 1.165) is 0 Å². The average Bonchev–Trinajstić information content (AvgIpc) is 1.86. The summed E-state index contributed by atoms with van der Waals surface area (Å²) in [7, 11) is 0.760. The first-order valence-corrected chi connectivity index (χ1v) is 9.72. The molecular weight excluding hydrogens is 172 g/mol. The van der Waals surface area contributed by atoms with E-state index in [1.807, 2.05) is 14.1 Å². The SMILES string of the molecule is CN[Si](C)(C)O[Si](C)(C)NC. The molecule has 0 aromatic rings. The molecule has 0 aliphatic rings. The monoisotopic (exact) mass is 192 g/mol. The molecular formula is C6H20N2OSi2. The second-order valence-corrected chi connectivity index (χ2v) is 11.5. The van der Waals surface area contributed by atoms with Crippen molar-refractivity contribution in [2.24, 2.45) is 0 Å². The molecule has 68 valence electrons. The van der Waals surface area contributed by atoms with E-state index in [4.69, 9.17) is 4.12 Å². The van der Waals surface area contributed by atoms with Crippen LogP contribution < -0.4 is 9.96 Å². The first kappa shape index (κ1) is 11.3. The molecule has 2 N–H and O–H groups in total. The second-order valence-electron chi connectivity index (χ2n) is 3.62. The number of hydrogen-bond donors (Lipinski definition) is 2. The summed E-state index contributed by atoms with van der Waals surface area (Å²) in [6.07, 6.45) is 0. The molecule has 0 aliphatic carbocycles. The van der Waals surface area contributed by atoms with E-state index < -0.39 is 17.0 Å². The molecule has 0 rings (SSSR count). The van der Waals surface area contributed by atoms with Crippen LogP contribution in [0.25, 0.3) is 0 Å². The van der Waals surface area contributed by atoms with Crippen LogP contribution in [0.2, 0.25) is 26.2 Å². The molecule has 0 aliphatic heterocycles. The number of hydrogen-bond acceptors (Lipinski definition) is 3. The fourth-order valence-electron chi connectivity index (χ4n) is 0.740. The first-order chi connectivity index (χ1) is 4.83. The maximum atomic E-state index is 5.98. The molecule has 11 heavy (non-hydrogen) atoms. The summed E-state index contributed by atoms with van der Waals surface area (Å²) in [5.41, 5.74) is 0. The lowest BCUT2D eigenvalue weighted by Crippen LogP contribution is -2.58. The quantitative estimate of drug-likeness (QED) is 0.648. The molecule has 0 heterocycles. The van der Waals surface area contributed by atoms with Crippen LogP contribution in [0.15, 0.2) is 0 Å². The standard InChI is InChI=1S/C6H20N2OSi2/c1-7-10(3,4)9-11(5,6)8-2/h7-8H,1-6H3. The minimum absolute atomic E-state index is 1.58. The summed E-state index contributed by atoms with van der Waals surface area (Å²) in [5.74, 6) is 0. The van der Waals surface area contributed by atoms with Crippen molar-refractivity contribution in [1.82, 2.24) is 9.96 Å². The highest BCUT2D eigenvalue weighted by Crippen LogP contribution is 2.07. The predicted octanol–water partition coefficient (Wildman–Crippen LogP) is 0.845.